The van der Waals surface area contributed by atoms with Gasteiger partial charge in [-0.25, -0.2) is 0 Å². The van der Waals surface area contributed by atoms with Crippen LogP contribution in [0.5, 0.6) is 0 Å². The number of nitrogens with zero attached hydrogens (tertiary/aromatic N) is 1. The van der Waals surface area contributed by atoms with Crippen molar-refractivity contribution in [1.82, 2.24) is 0 Å². The number of fused-ring (bicyclic) bond motifs is 1. The van der Waals surface area contributed by atoms with Gasteiger partial charge in [-0.2, -0.15) is 5.26 Å². The van der Waals surface area contributed by atoms with Crippen molar-refractivity contribution in [2.75, 3.05) is 0 Å². The standard InChI is InChI=1S/C10H9NO2S/c11-5-7-3-6(10(12)13)4-9-8(7)1-2-14-9/h1-2,6-7H,3-4H2,(H,12,13). The number of hydrogen-bond donors (Lipinski definition) is 1. The molecule has 3 nitrogen and oxygen atoms in total. The lowest BCUT2D eigenvalue weighted by Gasteiger charge is -2.22. The SMILES string of the molecule is N#CC1CC(C(=O)O)Cc2sccc21. The first kappa shape index (κ1) is 9.22. The molecule has 1 aliphatic carbocycles. The predicted molar refractivity (Wildman–Crippen MR) is 52.1 cm³/mol. The molecule has 0 fully saturated rings. The van der Waals surface area contributed by atoms with Gasteiger partial charge in [-0.05, 0) is 29.9 Å². The lowest BCUT2D eigenvalue weighted by molar-refractivity contribution is -0.142. The van der Waals surface area contributed by atoms with E-state index in [4.69, 9.17) is 10.4 Å². The second kappa shape index (κ2) is 3.43. The summed E-state index contributed by atoms with van der Waals surface area (Å²) in [5.41, 5.74) is 1.04. The molecule has 14 heavy (non-hydrogen) atoms. The van der Waals surface area contributed by atoms with Crippen molar-refractivity contribution in [2.45, 2.75) is 18.8 Å². The minimum absolute atomic E-state index is 0.230. The quantitative estimate of drug-likeness (QED) is 0.766. The third kappa shape index (κ3) is 1.40. The molecule has 0 spiro atoms. The maximum absolute atomic E-state index is 10.8. The summed E-state index contributed by atoms with van der Waals surface area (Å²) in [6, 6.07) is 4.11. The molecule has 0 aromatic carbocycles. The largest absolute Gasteiger partial charge is 0.481 e. The summed E-state index contributed by atoms with van der Waals surface area (Å²) in [6.45, 7) is 0. The summed E-state index contributed by atoms with van der Waals surface area (Å²) in [4.78, 5) is 11.9. The van der Waals surface area contributed by atoms with Gasteiger partial charge in [0.25, 0.3) is 0 Å². The Morgan fingerprint density at radius 2 is 2.50 bits per heavy atom. The minimum Gasteiger partial charge on any atom is -0.481 e. The molecule has 0 aliphatic heterocycles. The van der Waals surface area contributed by atoms with E-state index in [1.54, 1.807) is 11.3 Å². The molecule has 1 heterocycles. The summed E-state index contributed by atoms with van der Waals surface area (Å²) in [6.07, 6.45) is 1.04. The van der Waals surface area contributed by atoms with Gasteiger partial charge in [0.1, 0.15) is 0 Å². The number of rotatable bonds is 1. The van der Waals surface area contributed by atoms with E-state index in [-0.39, 0.29) is 11.8 Å². The number of carboxylic acids is 1. The van der Waals surface area contributed by atoms with Crippen LogP contribution in [0.15, 0.2) is 11.4 Å². The topological polar surface area (TPSA) is 61.1 Å². The highest BCUT2D eigenvalue weighted by molar-refractivity contribution is 7.10. The van der Waals surface area contributed by atoms with E-state index in [2.05, 4.69) is 6.07 Å². The van der Waals surface area contributed by atoms with E-state index in [0.29, 0.717) is 12.8 Å². The van der Waals surface area contributed by atoms with Crippen LogP contribution in [0.1, 0.15) is 22.8 Å². The third-order valence-corrected chi connectivity index (χ3v) is 3.57. The Balaban J connectivity index is 2.34. The second-order valence-electron chi connectivity index (χ2n) is 3.46. The third-order valence-electron chi connectivity index (χ3n) is 2.61. The molecule has 0 saturated carbocycles. The summed E-state index contributed by atoms with van der Waals surface area (Å²) in [7, 11) is 0. The van der Waals surface area contributed by atoms with Crippen molar-refractivity contribution in [3.63, 3.8) is 0 Å². The zero-order valence-electron chi connectivity index (χ0n) is 7.43. The Morgan fingerprint density at radius 3 is 3.14 bits per heavy atom. The molecular weight excluding hydrogens is 198 g/mol. The molecule has 2 unspecified atom stereocenters. The fraction of sp³-hybridized carbons (Fsp3) is 0.400. The number of carboxylic acid groups (broad SMARTS) is 1. The lowest BCUT2D eigenvalue weighted by Crippen LogP contribution is -2.23. The molecule has 0 radical (unpaired) electrons. The molecule has 2 rings (SSSR count). The summed E-state index contributed by atoms with van der Waals surface area (Å²) < 4.78 is 0. The Bertz CT molecular complexity index is 404. The van der Waals surface area contributed by atoms with Crippen molar-refractivity contribution >= 4 is 17.3 Å². The molecule has 1 aromatic rings. The number of thiophene rings is 1. The molecule has 0 bridgehead atoms. The number of aliphatic carboxylic acids is 1. The normalized spacial score (nSPS) is 25.1. The van der Waals surface area contributed by atoms with E-state index in [9.17, 15) is 4.79 Å². The van der Waals surface area contributed by atoms with E-state index in [0.717, 1.165) is 10.4 Å². The van der Waals surface area contributed by atoms with Crippen molar-refractivity contribution in [3.8, 4) is 6.07 Å². The minimum atomic E-state index is -0.788. The zero-order chi connectivity index (χ0) is 10.1. The smallest absolute Gasteiger partial charge is 0.306 e. The highest BCUT2D eigenvalue weighted by Gasteiger charge is 2.31. The molecule has 0 amide bonds. The lowest BCUT2D eigenvalue weighted by atomic mass is 9.82. The molecule has 1 aliphatic rings. The molecule has 0 saturated heterocycles. The maximum Gasteiger partial charge on any atom is 0.306 e. The van der Waals surface area contributed by atoms with E-state index < -0.39 is 5.97 Å². The van der Waals surface area contributed by atoms with Crippen LogP contribution < -0.4 is 0 Å². The van der Waals surface area contributed by atoms with Crippen LogP contribution in [0.2, 0.25) is 0 Å². The van der Waals surface area contributed by atoms with Gasteiger partial charge in [-0.15, -0.1) is 11.3 Å². The summed E-state index contributed by atoms with van der Waals surface area (Å²) in [5.74, 6) is -1.40. The van der Waals surface area contributed by atoms with E-state index in [1.165, 1.54) is 0 Å². The van der Waals surface area contributed by atoms with E-state index in [1.807, 2.05) is 11.4 Å². The van der Waals surface area contributed by atoms with Crippen LogP contribution >= 0.6 is 11.3 Å². The predicted octanol–water partition coefficient (Wildman–Crippen LogP) is 2.00. The average molecular weight is 207 g/mol. The van der Waals surface area contributed by atoms with Crippen molar-refractivity contribution in [3.05, 3.63) is 21.9 Å². The zero-order valence-corrected chi connectivity index (χ0v) is 8.25. The van der Waals surface area contributed by atoms with Crippen LogP contribution in [-0.4, -0.2) is 11.1 Å². The van der Waals surface area contributed by atoms with Gasteiger partial charge in [0.05, 0.1) is 17.9 Å². The number of hydrogen-bond acceptors (Lipinski definition) is 3. The van der Waals surface area contributed by atoms with Crippen LogP contribution in [-0.2, 0) is 11.2 Å². The van der Waals surface area contributed by atoms with E-state index >= 15 is 0 Å². The molecule has 1 N–H and O–H groups in total. The molecule has 4 heteroatoms. The first-order valence-corrected chi connectivity index (χ1v) is 5.29. The molecule has 1 aromatic heterocycles. The van der Waals surface area contributed by atoms with Gasteiger partial charge in [-0.3, -0.25) is 4.79 Å². The Labute approximate surface area is 85.6 Å². The van der Waals surface area contributed by atoms with Crippen LogP contribution in [0.3, 0.4) is 0 Å². The molecule has 72 valence electrons. The van der Waals surface area contributed by atoms with Gasteiger partial charge in [0.2, 0.25) is 0 Å². The summed E-state index contributed by atoms with van der Waals surface area (Å²) in [5, 5.41) is 19.8. The number of carbonyl (C=O) groups is 1. The van der Waals surface area contributed by atoms with Gasteiger partial charge in [-0.1, -0.05) is 0 Å². The van der Waals surface area contributed by atoms with Crippen molar-refractivity contribution < 1.29 is 9.90 Å². The highest BCUT2D eigenvalue weighted by Crippen LogP contribution is 2.37. The second-order valence-corrected chi connectivity index (χ2v) is 4.46. The first-order chi connectivity index (χ1) is 6.72. The number of nitriles is 1. The Morgan fingerprint density at radius 1 is 1.71 bits per heavy atom. The summed E-state index contributed by atoms with van der Waals surface area (Å²) >= 11 is 1.55. The van der Waals surface area contributed by atoms with Crippen LogP contribution in [0.25, 0.3) is 0 Å². The Kier molecular flexibility index (Phi) is 2.26. The van der Waals surface area contributed by atoms with Gasteiger partial charge in [0, 0.05) is 4.88 Å². The van der Waals surface area contributed by atoms with Crippen LogP contribution in [0.4, 0.5) is 0 Å². The monoisotopic (exact) mass is 207 g/mol. The fourth-order valence-corrected chi connectivity index (χ4v) is 2.88. The highest BCUT2D eigenvalue weighted by atomic mass is 32.1. The Hall–Kier alpha value is -1.34. The fourth-order valence-electron chi connectivity index (χ4n) is 1.86. The van der Waals surface area contributed by atoms with Crippen molar-refractivity contribution in [1.29, 1.82) is 5.26 Å². The van der Waals surface area contributed by atoms with Crippen LogP contribution in [0, 0.1) is 17.2 Å². The molecular formula is C10H9NO2S. The van der Waals surface area contributed by atoms with Gasteiger partial charge >= 0.3 is 5.97 Å². The van der Waals surface area contributed by atoms with Gasteiger partial charge < -0.3 is 5.11 Å². The maximum atomic E-state index is 10.8. The first-order valence-electron chi connectivity index (χ1n) is 4.41. The van der Waals surface area contributed by atoms with Crippen molar-refractivity contribution in [2.24, 2.45) is 5.92 Å². The average Bonchev–Trinajstić information content (AvgIpc) is 2.63. The molecule has 2 atom stereocenters. The van der Waals surface area contributed by atoms with Gasteiger partial charge in [0.15, 0.2) is 0 Å².